The molecule has 0 saturated heterocycles. The minimum atomic E-state index is -3.81. The Labute approximate surface area is 183 Å². The fourth-order valence-electron chi connectivity index (χ4n) is 3.38. The Morgan fingerprint density at radius 1 is 0.935 bits per heavy atom. The van der Waals surface area contributed by atoms with Gasteiger partial charge in [-0.3, -0.25) is 9.10 Å². The number of ether oxygens (including phenoxy) is 1. The highest BCUT2D eigenvalue weighted by molar-refractivity contribution is 7.92. The average Bonchev–Trinajstić information content (AvgIpc) is 2.80. The van der Waals surface area contributed by atoms with Gasteiger partial charge in [-0.25, -0.2) is 8.42 Å². The molecule has 0 bridgehead atoms. The Morgan fingerprint density at radius 2 is 1.61 bits per heavy atom. The van der Waals surface area contributed by atoms with Crippen LogP contribution in [0.2, 0.25) is 0 Å². The number of hydrogen-bond acceptors (Lipinski definition) is 4. The van der Waals surface area contributed by atoms with Crippen molar-refractivity contribution in [2.24, 2.45) is 0 Å². The maximum atomic E-state index is 13.3. The molecule has 0 aliphatic rings. The van der Waals surface area contributed by atoms with E-state index < -0.39 is 10.0 Å². The van der Waals surface area contributed by atoms with Crippen molar-refractivity contribution in [3.63, 3.8) is 0 Å². The summed E-state index contributed by atoms with van der Waals surface area (Å²) in [5, 5.41) is 0. The summed E-state index contributed by atoms with van der Waals surface area (Å²) in [6.45, 7) is 2.39. The zero-order chi connectivity index (χ0) is 22.4. The second-order valence-electron chi connectivity index (χ2n) is 7.01. The average molecular weight is 439 g/mol. The number of rotatable bonds is 8. The third kappa shape index (κ3) is 4.88. The molecule has 0 spiro atoms. The van der Waals surface area contributed by atoms with Crippen LogP contribution in [-0.2, 0) is 16.6 Å². The molecule has 6 nitrogen and oxygen atoms in total. The van der Waals surface area contributed by atoms with Crippen molar-refractivity contribution < 1.29 is 17.9 Å². The van der Waals surface area contributed by atoms with E-state index in [9.17, 15) is 13.2 Å². The molecular weight excluding hydrogens is 412 g/mol. The lowest BCUT2D eigenvalue weighted by Gasteiger charge is -2.23. The normalized spacial score (nSPS) is 11.1. The van der Waals surface area contributed by atoms with Crippen LogP contribution < -0.4 is 9.04 Å². The minimum absolute atomic E-state index is 0.0785. The van der Waals surface area contributed by atoms with Crippen LogP contribution >= 0.6 is 0 Å². The van der Waals surface area contributed by atoms with Gasteiger partial charge in [-0.2, -0.15) is 0 Å². The summed E-state index contributed by atoms with van der Waals surface area (Å²) in [4.78, 5) is 14.6. The number of benzene rings is 3. The first-order valence-electron chi connectivity index (χ1n) is 9.93. The molecule has 3 rings (SSSR count). The number of carbonyl (C=O) groups is 1. The van der Waals surface area contributed by atoms with Crippen molar-refractivity contribution in [2.75, 3.05) is 25.0 Å². The first-order valence-corrected chi connectivity index (χ1v) is 11.4. The smallest absolute Gasteiger partial charge is 0.264 e. The van der Waals surface area contributed by atoms with Gasteiger partial charge in [0.05, 0.1) is 17.7 Å². The molecule has 0 aliphatic heterocycles. The highest BCUT2D eigenvalue weighted by Gasteiger charge is 2.25. The lowest BCUT2D eigenvalue weighted by Crippen LogP contribution is -2.31. The van der Waals surface area contributed by atoms with E-state index in [1.807, 2.05) is 30.3 Å². The van der Waals surface area contributed by atoms with Gasteiger partial charge in [0, 0.05) is 31.3 Å². The molecule has 0 radical (unpaired) electrons. The molecule has 0 saturated carbocycles. The Kier molecular flexibility index (Phi) is 6.97. The standard InChI is InChI=1S/C24H26N2O4S/c1-4-26(21-13-6-5-7-14-21)31(28,29)22-15-10-12-19(17-22)24(27)25(2)18-20-11-8-9-16-23(20)30-3/h5-17H,4,18H2,1-3H3. The first-order chi connectivity index (χ1) is 14.9. The van der Waals surface area contributed by atoms with Crippen LogP contribution in [0.15, 0.2) is 83.8 Å². The molecule has 0 unspecified atom stereocenters. The topological polar surface area (TPSA) is 66.9 Å². The monoisotopic (exact) mass is 438 g/mol. The van der Waals surface area contributed by atoms with Gasteiger partial charge in [-0.1, -0.05) is 42.5 Å². The Morgan fingerprint density at radius 3 is 2.29 bits per heavy atom. The molecule has 0 heterocycles. The maximum Gasteiger partial charge on any atom is 0.264 e. The summed E-state index contributed by atoms with van der Waals surface area (Å²) >= 11 is 0. The van der Waals surface area contributed by atoms with Gasteiger partial charge >= 0.3 is 0 Å². The Hall–Kier alpha value is -3.32. The van der Waals surface area contributed by atoms with Crippen LogP contribution in [0.25, 0.3) is 0 Å². The number of para-hydroxylation sites is 2. The van der Waals surface area contributed by atoms with Crippen LogP contribution in [0.1, 0.15) is 22.8 Å². The molecule has 0 fully saturated rings. The quantitative estimate of drug-likeness (QED) is 0.529. The molecule has 7 heteroatoms. The number of hydrogen-bond donors (Lipinski definition) is 0. The van der Waals surface area contributed by atoms with Gasteiger partial charge in [0.2, 0.25) is 0 Å². The first kappa shape index (κ1) is 22.4. The second kappa shape index (κ2) is 9.66. The van der Waals surface area contributed by atoms with E-state index in [1.165, 1.54) is 16.4 Å². The number of amides is 1. The fourth-order valence-corrected chi connectivity index (χ4v) is 4.90. The van der Waals surface area contributed by atoms with Crippen molar-refractivity contribution in [3.05, 3.63) is 90.0 Å². The summed E-state index contributed by atoms with van der Waals surface area (Å²) in [5.41, 5.74) is 1.75. The summed E-state index contributed by atoms with van der Waals surface area (Å²) < 4.78 is 33.2. The molecule has 3 aromatic carbocycles. The largest absolute Gasteiger partial charge is 0.496 e. The molecule has 0 aromatic heterocycles. The number of sulfonamides is 1. The predicted octanol–water partition coefficient (Wildman–Crippen LogP) is 4.18. The van der Waals surface area contributed by atoms with E-state index in [-0.39, 0.29) is 17.3 Å². The number of anilines is 1. The minimum Gasteiger partial charge on any atom is -0.496 e. The van der Waals surface area contributed by atoms with Gasteiger partial charge in [-0.15, -0.1) is 0 Å². The lowest BCUT2D eigenvalue weighted by atomic mass is 10.1. The number of nitrogens with zero attached hydrogens (tertiary/aromatic N) is 2. The van der Waals surface area contributed by atoms with Crippen LogP contribution in [0.3, 0.4) is 0 Å². The van der Waals surface area contributed by atoms with Crippen LogP contribution in [0.5, 0.6) is 5.75 Å². The molecule has 1 amide bonds. The third-order valence-corrected chi connectivity index (χ3v) is 6.85. The van der Waals surface area contributed by atoms with E-state index in [2.05, 4.69) is 0 Å². The van der Waals surface area contributed by atoms with Crippen LogP contribution in [-0.4, -0.2) is 39.9 Å². The molecule has 162 valence electrons. The Bertz CT molecular complexity index is 1150. The number of methoxy groups -OCH3 is 1. The summed E-state index contributed by atoms with van der Waals surface area (Å²) in [6.07, 6.45) is 0. The zero-order valence-corrected chi connectivity index (χ0v) is 18.7. The van der Waals surface area contributed by atoms with E-state index in [0.29, 0.717) is 23.5 Å². The van der Waals surface area contributed by atoms with Gasteiger partial charge in [0.1, 0.15) is 5.75 Å². The lowest BCUT2D eigenvalue weighted by molar-refractivity contribution is 0.0784. The summed E-state index contributed by atoms with van der Waals surface area (Å²) in [6, 6.07) is 22.5. The van der Waals surface area contributed by atoms with Gasteiger partial charge < -0.3 is 9.64 Å². The van der Waals surface area contributed by atoms with Gasteiger partial charge in [-0.05, 0) is 43.3 Å². The van der Waals surface area contributed by atoms with Gasteiger partial charge in [0.15, 0.2) is 0 Å². The van der Waals surface area contributed by atoms with Gasteiger partial charge in [0.25, 0.3) is 15.9 Å². The predicted molar refractivity (Wildman–Crippen MR) is 122 cm³/mol. The van der Waals surface area contributed by atoms with E-state index in [4.69, 9.17) is 4.74 Å². The highest BCUT2D eigenvalue weighted by Crippen LogP contribution is 2.25. The molecular formula is C24H26N2O4S. The van der Waals surface area contributed by atoms with Crippen molar-refractivity contribution >= 4 is 21.6 Å². The van der Waals surface area contributed by atoms with Crippen molar-refractivity contribution in [1.29, 1.82) is 0 Å². The molecule has 0 atom stereocenters. The molecule has 3 aromatic rings. The van der Waals surface area contributed by atoms with E-state index >= 15 is 0 Å². The fraction of sp³-hybridized carbons (Fsp3) is 0.208. The third-order valence-electron chi connectivity index (χ3n) is 4.95. The van der Waals surface area contributed by atoms with Crippen molar-refractivity contribution in [1.82, 2.24) is 4.90 Å². The number of carbonyl (C=O) groups excluding carboxylic acids is 1. The zero-order valence-electron chi connectivity index (χ0n) is 17.9. The molecule has 0 aliphatic carbocycles. The van der Waals surface area contributed by atoms with Crippen LogP contribution in [0, 0.1) is 0 Å². The Balaban J connectivity index is 1.87. The van der Waals surface area contributed by atoms with Crippen molar-refractivity contribution in [2.45, 2.75) is 18.4 Å². The van der Waals surface area contributed by atoms with Crippen molar-refractivity contribution in [3.8, 4) is 5.75 Å². The summed E-state index contributed by atoms with van der Waals surface area (Å²) in [7, 11) is -0.550. The highest BCUT2D eigenvalue weighted by atomic mass is 32.2. The van der Waals surface area contributed by atoms with E-state index in [0.717, 1.165) is 5.56 Å². The molecule has 31 heavy (non-hydrogen) atoms. The molecule has 0 N–H and O–H groups in total. The second-order valence-corrected chi connectivity index (χ2v) is 8.87. The van der Waals surface area contributed by atoms with Crippen LogP contribution in [0.4, 0.5) is 5.69 Å². The SMILES string of the molecule is CCN(c1ccccc1)S(=O)(=O)c1cccc(C(=O)N(C)Cc2ccccc2OC)c1. The summed E-state index contributed by atoms with van der Waals surface area (Å²) in [5.74, 6) is 0.422. The maximum absolute atomic E-state index is 13.3. The van der Waals surface area contributed by atoms with E-state index in [1.54, 1.807) is 62.4 Å².